The number of nitrogens with zero attached hydrogens (tertiary/aromatic N) is 2. The first-order chi connectivity index (χ1) is 4.13. The number of imidazole rings is 1. The van der Waals surface area contributed by atoms with Gasteiger partial charge in [0.05, 0.1) is 0 Å². The predicted molar refractivity (Wildman–Crippen MR) is 37.0 cm³/mol. The monoisotopic (exact) mass is 146 g/mol. The van der Waals surface area contributed by atoms with Gasteiger partial charge in [-0.1, -0.05) is 11.6 Å². The zero-order valence-electron chi connectivity index (χ0n) is 4.93. The molecule has 0 fully saturated rings. The predicted octanol–water partition coefficient (Wildman–Crippen LogP) is 0.238. The fraction of sp³-hybridized carbons (Fsp3) is 0.250. The van der Waals surface area contributed by atoms with Crippen molar-refractivity contribution in [1.29, 1.82) is 0 Å². The topological polar surface area (TPSA) is 69.9 Å². The Hall–Kier alpha value is -0.900. The van der Waals surface area contributed by atoms with Crippen molar-refractivity contribution < 1.29 is 0 Å². The molecule has 4 nitrogen and oxygen atoms in total. The van der Waals surface area contributed by atoms with E-state index in [1.165, 1.54) is 4.57 Å². The van der Waals surface area contributed by atoms with E-state index in [-0.39, 0.29) is 5.15 Å². The van der Waals surface area contributed by atoms with E-state index < -0.39 is 0 Å². The van der Waals surface area contributed by atoms with Crippen LogP contribution in [0, 0.1) is 0 Å². The van der Waals surface area contributed by atoms with E-state index in [0.29, 0.717) is 11.8 Å². The molecule has 0 radical (unpaired) electrons. The van der Waals surface area contributed by atoms with Gasteiger partial charge in [0.15, 0.2) is 5.15 Å². The van der Waals surface area contributed by atoms with Gasteiger partial charge in [-0.25, -0.2) is 0 Å². The van der Waals surface area contributed by atoms with Gasteiger partial charge in [0.2, 0.25) is 5.95 Å². The van der Waals surface area contributed by atoms with Crippen molar-refractivity contribution in [2.24, 2.45) is 7.05 Å². The lowest BCUT2D eigenvalue weighted by Gasteiger charge is -1.93. The standard InChI is InChI=1S/C4H7ClN4/c1-9-3(6)2(5)8-4(9)7/h6H2,1H3,(H2,7,8). The zero-order valence-corrected chi connectivity index (χ0v) is 5.68. The number of hydrogen-bond acceptors (Lipinski definition) is 3. The lowest BCUT2D eigenvalue weighted by molar-refractivity contribution is 0.942. The van der Waals surface area contributed by atoms with E-state index in [9.17, 15) is 0 Å². The maximum Gasteiger partial charge on any atom is 0.203 e. The Morgan fingerprint density at radius 2 is 2.11 bits per heavy atom. The van der Waals surface area contributed by atoms with Gasteiger partial charge >= 0.3 is 0 Å². The van der Waals surface area contributed by atoms with Crippen LogP contribution in [0.25, 0.3) is 0 Å². The van der Waals surface area contributed by atoms with E-state index in [0.717, 1.165) is 0 Å². The molecular weight excluding hydrogens is 140 g/mol. The van der Waals surface area contributed by atoms with E-state index in [1.807, 2.05) is 0 Å². The highest BCUT2D eigenvalue weighted by atomic mass is 35.5. The maximum atomic E-state index is 5.50. The van der Waals surface area contributed by atoms with Gasteiger partial charge in [-0.05, 0) is 0 Å². The molecule has 9 heavy (non-hydrogen) atoms. The molecule has 50 valence electrons. The summed E-state index contributed by atoms with van der Waals surface area (Å²) in [6.45, 7) is 0. The highest BCUT2D eigenvalue weighted by molar-refractivity contribution is 6.31. The van der Waals surface area contributed by atoms with Crippen molar-refractivity contribution in [2.45, 2.75) is 0 Å². The molecule has 0 amide bonds. The molecule has 5 heteroatoms. The van der Waals surface area contributed by atoms with Crippen LogP contribution in [0.2, 0.25) is 5.15 Å². The molecule has 1 aromatic rings. The minimum Gasteiger partial charge on any atom is -0.382 e. The van der Waals surface area contributed by atoms with Crippen molar-refractivity contribution >= 4 is 23.4 Å². The number of rotatable bonds is 0. The third kappa shape index (κ3) is 0.810. The number of nitrogen functional groups attached to an aromatic ring is 2. The molecule has 0 aliphatic carbocycles. The van der Waals surface area contributed by atoms with Crippen LogP contribution < -0.4 is 11.5 Å². The zero-order chi connectivity index (χ0) is 7.02. The largest absolute Gasteiger partial charge is 0.382 e. The second-order valence-electron chi connectivity index (χ2n) is 1.71. The SMILES string of the molecule is Cn1c(N)nc(Cl)c1N. The smallest absolute Gasteiger partial charge is 0.203 e. The molecule has 0 aromatic carbocycles. The maximum absolute atomic E-state index is 5.50. The number of hydrogen-bond donors (Lipinski definition) is 2. The lowest BCUT2D eigenvalue weighted by Crippen LogP contribution is -2.00. The van der Waals surface area contributed by atoms with Crippen molar-refractivity contribution in [3.05, 3.63) is 5.15 Å². The van der Waals surface area contributed by atoms with Crippen molar-refractivity contribution in [3.63, 3.8) is 0 Å². The molecule has 0 atom stereocenters. The lowest BCUT2D eigenvalue weighted by atomic mass is 10.8. The fourth-order valence-electron chi connectivity index (χ4n) is 0.495. The Balaban J connectivity index is 3.29. The van der Waals surface area contributed by atoms with Crippen molar-refractivity contribution in [3.8, 4) is 0 Å². The third-order valence-corrected chi connectivity index (χ3v) is 1.41. The summed E-state index contributed by atoms with van der Waals surface area (Å²) >= 11 is 5.50. The minimum absolute atomic E-state index is 0.259. The Bertz CT molecular complexity index is 206. The van der Waals surface area contributed by atoms with Crippen LogP contribution in [0.15, 0.2) is 0 Å². The van der Waals surface area contributed by atoms with Crippen LogP contribution in [-0.4, -0.2) is 9.55 Å². The van der Waals surface area contributed by atoms with Crippen LogP contribution >= 0.6 is 11.6 Å². The summed E-state index contributed by atoms with van der Waals surface area (Å²) in [6.07, 6.45) is 0. The Kier molecular flexibility index (Phi) is 1.25. The Morgan fingerprint density at radius 1 is 1.56 bits per heavy atom. The summed E-state index contributed by atoms with van der Waals surface area (Å²) in [4.78, 5) is 3.69. The summed E-state index contributed by atoms with van der Waals surface area (Å²) in [6, 6.07) is 0. The van der Waals surface area contributed by atoms with Crippen LogP contribution in [0.5, 0.6) is 0 Å². The highest BCUT2D eigenvalue weighted by Crippen LogP contribution is 2.18. The summed E-state index contributed by atoms with van der Waals surface area (Å²) in [5.74, 6) is 0.728. The fourth-order valence-corrected chi connectivity index (χ4v) is 0.708. The molecule has 0 bridgehead atoms. The van der Waals surface area contributed by atoms with Crippen LogP contribution in [-0.2, 0) is 7.05 Å². The summed E-state index contributed by atoms with van der Waals surface area (Å²) in [5, 5.41) is 0.259. The van der Waals surface area contributed by atoms with E-state index in [1.54, 1.807) is 7.05 Å². The molecule has 0 aliphatic heterocycles. The second-order valence-corrected chi connectivity index (χ2v) is 2.06. The van der Waals surface area contributed by atoms with Crippen LogP contribution in [0.1, 0.15) is 0 Å². The highest BCUT2D eigenvalue weighted by Gasteiger charge is 2.04. The molecule has 0 aliphatic rings. The van der Waals surface area contributed by atoms with Gasteiger partial charge in [0.25, 0.3) is 0 Å². The molecule has 0 spiro atoms. The van der Waals surface area contributed by atoms with Crippen LogP contribution in [0.4, 0.5) is 11.8 Å². The second kappa shape index (κ2) is 1.80. The quantitative estimate of drug-likeness (QED) is 0.551. The van der Waals surface area contributed by atoms with E-state index >= 15 is 0 Å². The Morgan fingerprint density at radius 3 is 2.22 bits per heavy atom. The Labute approximate surface area is 57.4 Å². The van der Waals surface area contributed by atoms with E-state index in [2.05, 4.69) is 4.98 Å². The summed E-state index contributed by atoms with van der Waals surface area (Å²) < 4.78 is 1.52. The van der Waals surface area contributed by atoms with Gasteiger partial charge in [0, 0.05) is 7.05 Å². The van der Waals surface area contributed by atoms with Crippen molar-refractivity contribution in [1.82, 2.24) is 9.55 Å². The number of halogens is 1. The number of anilines is 2. The number of aromatic nitrogens is 2. The molecule has 4 N–H and O–H groups in total. The molecule has 1 rings (SSSR count). The normalized spacial score (nSPS) is 10.0. The average Bonchev–Trinajstić information content (AvgIpc) is 1.98. The summed E-state index contributed by atoms with van der Waals surface area (Å²) in [7, 11) is 1.70. The third-order valence-electron chi connectivity index (χ3n) is 1.13. The van der Waals surface area contributed by atoms with Gasteiger partial charge in [0.1, 0.15) is 5.82 Å². The van der Waals surface area contributed by atoms with Gasteiger partial charge in [-0.2, -0.15) is 4.98 Å². The first-order valence-corrected chi connectivity index (χ1v) is 2.74. The first kappa shape index (κ1) is 6.22. The van der Waals surface area contributed by atoms with E-state index in [4.69, 9.17) is 23.1 Å². The first-order valence-electron chi connectivity index (χ1n) is 2.36. The van der Waals surface area contributed by atoms with Crippen molar-refractivity contribution in [2.75, 3.05) is 11.5 Å². The molecule has 1 heterocycles. The number of nitrogens with two attached hydrogens (primary N) is 2. The van der Waals surface area contributed by atoms with Gasteiger partial charge in [-0.15, -0.1) is 0 Å². The van der Waals surface area contributed by atoms with Gasteiger partial charge in [-0.3, -0.25) is 4.57 Å². The molecule has 0 unspecified atom stereocenters. The minimum atomic E-state index is 0.259. The summed E-state index contributed by atoms with van der Waals surface area (Å²) in [5.41, 5.74) is 10.7. The van der Waals surface area contributed by atoms with Crippen LogP contribution in [0.3, 0.4) is 0 Å². The molecule has 0 saturated heterocycles. The molecular formula is C4H7ClN4. The van der Waals surface area contributed by atoms with Gasteiger partial charge < -0.3 is 11.5 Å². The molecule has 0 saturated carbocycles. The average molecular weight is 147 g/mol. The molecule has 1 aromatic heterocycles.